The molecular formula is C17H10F6N2O5. The van der Waals surface area contributed by atoms with Crippen LogP contribution in [0, 0.1) is 10.1 Å². The molecule has 0 unspecified atom stereocenters. The number of carbonyl (C=O) groups is 2. The Kier molecular flexibility index (Phi) is 6.33. The van der Waals surface area contributed by atoms with Crippen LogP contribution < -0.4 is 5.32 Å². The number of esters is 1. The van der Waals surface area contributed by atoms with Gasteiger partial charge in [-0.25, -0.2) is 4.79 Å². The molecule has 30 heavy (non-hydrogen) atoms. The number of nitrogens with one attached hydrogen (secondary N) is 1. The fourth-order valence-electron chi connectivity index (χ4n) is 2.21. The van der Waals surface area contributed by atoms with E-state index in [2.05, 4.69) is 4.74 Å². The van der Waals surface area contributed by atoms with Crippen LogP contribution in [0.25, 0.3) is 0 Å². The number of nitro groups is 1. The lowest BCUT2D eigenvalue weighted by molar-refractivity contribution is -0.385. The van der Waals surface area contributed by atoms with Crippen LogP contribution in [0.1, 0.15) is 21.5 Å². The molecule has 0 radical (unpaired) electrons. The van der Waals surface area contributed by atoms with Gasteiger partial charge >= 0.3 is 18.3 Å². The van der Waals surface area contributed by atoms with Gasteiger partial charge in [-0.2, -0.15) is 26.3 Å². The van der Waals surface area contributed by atoms with E-state index in [9.17, 15) is 46.0 Å². The zero-order chi connectivity index (χ0) is 22.7. The normalized spacial score (nSPS) is 11.7. The van der Waals surface area contributed by atoms with Gasteiger partial charge in [0.1, 0.15) is 0 Å². The summed E-state index contributed by atoms with van der Waals surface area (Å²) in [5.74, 6) is -2.55. The first-order valence-corrected chi connectivity index (χ1v) is 7.79. The molecule has 2 aromatic carbocycles. The molecular weight excluding hydrogens is 426 g/mol. The molecule has 2 aromatic rings. The highest BCUT2D eigenvalue weighted by Crippen LogP contribution is 2.37. The number of hydrogen-bond acceptors (Lipinski definition) is 5. The predicted octanol–water partition coefficient (Wildman–Crippen LogP) is 4.43. The molecule has 0 heterocycles. The van der Waals surface area contributed by atoms with E-state index in [1.54, 1.807) is 5.32 Å². The molecule has 0 saturated carbocycles. The average Bonchev–Trinajstić information content (AvgIpc) is 2.64. The average molecular weight is 436 g/mol. The van der Waals surface area contributed by atoms with Crippen LogP contribution in [0.3, 0.4) is 0 Å². The lowest BCUT2D eigenvalue weighted by Crippen LogP contribution is -2.23. The summed E-state index contributed by atoms with van der Waals surface area (Å²) in [4.78, 5) is 33.2. The molecule has 0 aromatic heterocycles. The lowest BCUT2D eigenvalue weighted by atomic mass is 10.1. The first-order chi connectivity index (χ1) is 13.8. The molecule has 0 aliphatic carbocycles. The molecule has 0 aliphatic heterocycles. The van der Waals surface area contributed by atoms with Crippen molar-refractivity contribution in [2.45, 2.75) is 12.4 Å². The Morgan fingerprint density at radius 3 is 2.23 bits per heavy atom. The number of alkyl halides is 6. The minimum atomic E-state index is -5.04. The van der Waals surface area contributed by atoms with Gasteiger partial charge in [0.25, 0.3) is 11.6 Å². The van der Waals surface area contributed by atoms with Gasteiger partial charge in [-0.15, -0.1) is 0 Å². The lowest BCUT2D eigenvalue weighted by Gasteiger charge is -2.14. The van der Waals surface area contributed by atoms with Crippen LogP contribution in [-0.4, -0.2) is 23.4 Å². The van der Waals surface area contributed by atoms with Crippen molar-refractivity contribution in [3.05, 3.63) is 69.3 Å². The van der Waals surface area contributed by atoms with Gasteiger partial charge < -0.3 is 10.1 Å². The number of ether oxygens (including phenoxy) is 1. The minimum Gasteiger partial charge on any atom is -0.452 e. The summed E-state index contributed by atoms with van der Waals surface area (Å²) in [5, 5.41) is 12.4. The Hall–Kier alpha value is -3.64. The van der Waals surface area contributed by atoms with E-state index >= 15 is 0 Å². The van der Waals surface area contributed by atoms with Crippen LogP contribution in [0.4, 0.5) is 37.7 Å². The Morgan fingerprint density at radius 2 is 1.67 bits per heavy atom. The monoisotopic (exact) mass is 436 g/mol. The number of anilines is 1. The second kappa shape index (κ2) is 8.39. The molecule has 7 nitrogen and oxygen atoms in total. The highest BCUT2D eigenvalue weighted by molar-refractivity contribution is 5.96. The second-order valence-electron chi connectivity index (χ2n) is 5.69. The quantitative estimate of drug-likeness (QED) is 0.324. The van der Waals surface area contributed by atoms with Crippen molar-refractivity contribution in [2.75, 3.05) is 11.9 Å². The van der Waals surface area contributed by atoms with Gasteiger partial charge in [0, 0.05) is 12.1 Å². The molecule has 0 atom stereocenters. The number of rotatable bonds is 5. The maximum absolute atomic E-state index is 13.1. The van der Waals surface area contributed by atoms with Gasteiger partial charge in [0.2, 0.25) is 0 Å². The van der Waals surface area contributed by atoms with E-state index in [0.717, 1.165) is 18.2 Å². The number of amides is 1. The van der Waals surface area contributed by atoms with Crippen molar-refractivity contribution < 1.29 is 45.6 Å². The topological polar surface area (TPSA) is 98.5 Å². The van der Waals surface area contributed by atoms with Crippen molar-refractivity contribution in [1.29, 1.82) is 0 Å². The fourth-order valence-corrected chi connectivity index (χ4v) is 2.21. The van der Waals surface area contributed by atoms with Crippen LogP contribution >= 0.6 is 0 Å². The summed E-state index contributed by atoms with van der Waals surface area (Å²) < 4.78 is 81.6. The summed E-state index contributed by atoms with van der Waals surface area (Å²) >= 11 is 0. The zero-order valence-corrected chi connectivity index (χ0v) is 14.5. The van der Waals surface area contributed by atoms with Crippen LogP contribution in [0.15, 0.2) is 42.5 Å². The Morgan fingerprint density at radius 1 is 1.00 bits per heavy atom. The predicted molar refractivity (Wildman–Crippen MR) is 88.5 cm³/mol. The first-order valence-electron chi connectivity index (χ1n) is 7.79. The van der Waals surface area contributed by atoms with Crippen LogP contribution in [0.5, 0.6) is 0 Å². The van der Waals surface area contributed by atoms with E-state index in [1.807, 2.05) is 0 Å². The smallest absolute Gasteiger partial charge is 0.418 e. The highest BCUT2D eigenvalue weighted by atomic mass is 19.4. The number of benzene rings is 2. The minimum absolute atomic E-state index is 0.213. The molecule has 13 heteroatoms. The largest absolute Gasteiger partial charge is 0.452 e. The molecule has 1 N–H and O–H groups in total. The maximum Gasteiger partial charge on any atom is 0.418 e. The van der Waals surface area contributed by atoms with E-state index in [4.69, 9.17) is 0 Å². The number of nitro benzene ring substituents is 1. The summed E-state index contributed by atoms with van der Waals surface area (Å²) in [6, 6.07) is 4.70. The molecule has 0 spiro atoms. The Balaban J connectivity index is 2.10. The molecule has 160 valence electrons. The summed E-state index contributed by atoms with van der Waals surface area (Å²) in [7, 11) is 0. The van der Waals surface area contributed by atoms with Gasteiger partial charge in [-0.05, 0) is 24.3 Å². The number of non-ortho nitro benzene ring substituents is 1. The van der Waals surface area contributed by atoms with E-state index < -0.39 is 63.8 Å². The molecule has 0 saturated heterocycles. The van der Waals surface area contributed by atoms with Gasteiger partial charge in [0.05, 0.1) is 27.3 Å². The zero-order valence-electron chi connectivity index (χ0n) is 14.5. The molecule has 2 rings (SSSR count). The van der Waals surface area contributed by atoms with Crippen molar-refractivity contribution in [2.24, 2.45) is 0 Å². The van der Waals surface area contributed by atoms with Crippen molar-refractivity contribution >= 4 is 23.3 Å². The number of halogens is 6. The Bertz CT molecular complexity index is 987. The molecule has 0 aliphatic rings. The third kappa shape index (κ3) is 5.68. The van der Waals surface area contributed by atoms with E-state index in [0.29, 0.717) is 18.2 Å². The third-order valence-corrected chi connectivity index (χ3v) is 3.55. The maximum atomic E-state index is 13.1. The third-order valence-electron chi connectivity index (χ3n) is 3.55. The van der Waals surface area contributed by atoms with Gasteiger partial charge in [-0.3, -0.25) is 14.9 Å². The first kappa shape index (κ1) is 22.6. The highest BCUT2D eigenvalue weighted by Gasteiger charge is 2.36. The number of carbonyl (C=O) groups excluding carboxylic acids is 2. The summed E-state index contributed by atoms with van der Waals surface area (Å²) in [5.41, 5.74) is -4.86. The summed E-state index contributed by atoms with van der Waals surface area (Å²) in [6.45, 7) is -1.11. The molecule has 0 fully saturated rings. The number of nitrogens with zero attached hydrogens (tertiary/aromatic N) is 1. The van der Waals surface area contributed by atoms with Crippen molar-refractivity contribution in [3.8, 4) is 0 Å². The summed E-state index contributed by atoms with van der Waals surface area (Å²) in [6.07, 6.45) is -9.76. The van der Waals surface area contributed by atoms with Crippen LogP contribution in [-0.2, 0) is 21.9 Å². The molecule has 0 bridgehead atoms. The SMILES string of the molecule is O=C(COC(=O)c1cccc(C(F)(F)F)c1)Nc1ccc([N+](=O)[O-])cc1C(F)(F)F. The Labute approximate surface area is 163 Å². The fraction of sp³-hybridized carbons (Fsp3) is 0.176. The van der Waals surface area contributed by atoms with E-state index in [1.165, 1.54) is 0 Å². The standard InChI is InChI=1S/C17H10F6N2O5/c18-16(19,20)10-3-1-2-9(6-10)15(27)30-8-14(26)24-13-5-4-11(25(28)29)7-12(13)17(21,22)23/h1-7H,8H2,(H,24,26). The van der Waals surface area contributed by atoms with Gasteiger partial charge in [0.15, 0.2) is 6.61 Å². The number of hydrogen-bond donors (Lipinski definition) is 1. The van der Waals surface area contributed by atoms with Crippen LogP contribution in [0.2, 0.25) is 0 Å². The second-order valence-corrected chi connectivity index (χ2v) is 5.69. The van der Waals surface area contributed by atoms with Crippen molar-refractivity contribution in [3.63, 3.8) is 0 Å². The van der Waals surface area contributed by atoms with Crippen molar-refractivity contribution in [1.82, 2.24) is 0 Å². The van der Waals surface area contributed by atoms with E-state index in [-0.39, 0.29) is 6.07 Å². The molecule has 1 amide bonds. The van der Waals surface area contributed by atoms with Gasteiger partial charge in [-0.1, -0.05) is 6.07 Å².